The third kappa shape index (κ3) is 6.88. The van der Waals surface area contributed by atoms with E-state index >= 15 is 0 Å². The Hall–Kier alpha value is -0.670. The molecule has 0 radical (unpaired) electrons. The lowest BCUT2D eigenvalue weighted by atomic mass is 10.1. The van der Waals surface area contributed by atoms with Crippen molar-refractivity contribution in [1.82, 2.24) is 4.90 Å². The molecule has 1 rings (SSSR count). The zero-order valence-electron chi connectivity index (χ0n) is 12.6. The van der Waals surface area contributed by atoms with E-state index in [2.05, 4.69) is 24.1 Å². The summed E-state index contributed by atoms with van der Waals surface area (Å²) >= 11 is 0. The number of hydrogen-bond acceptors (Lipinski definition) is 3. The van der Waals surface area contributed by atoms with Crippen molar-refractivity contribution in [1.29, 1.82) is 0 Å². The van der Waals surface area contributed by atoms with Crippen LogP contribution >= 0.6 is 0 Å². The van der Waals surface area contributed by atoms with Gasteiger partial charge >= 0.3 is 0 Å². The van der Waals surface area contributed by atoms with Gasteiger partial charge in [0, 0.05) is 12.8 Å². The lowest BCUT2D eigenvalue weighted by Crippen LogP contribution is -2.36. The van der Waals surface area contributed by atoms with Crippen molar-refractivity contribution in [2.24, 2.45) is 4.99 Å². The Morgan fingerprint density at radius 1 is 1.26 bits per heavy atom. The number of hydrogen-bond donors (Lipinski definition) is 1. The minimum absolute atomic E-state index is 0.0459. The van der Waals surface area contributed by atoms with E-state index in [1.807, 2.05) is 11.1 Å². The molecule has 0 amide bonds. The van der Waals surface area contributed by atoms with Crippen LogP contribution in [0.4, 0.5) is 0 Å². The summed E-state index contributed by atoms with van der Waals surface area (Å²) < 4.78 is 0. The van der Waals surface area contributed by atoms with Crippen LogP contribution in [0.15, 0.2) is 17.1 Å². The lowest BCUT2D eigenvalue weighted by molar-refractivity contribution is 0.0214. The number of aliphatic hydroxyl groups is 1. The predicted octanol–water partition coefficient (Wildman–Crippen LogP) is 3.73. The van der Waals surface area contributed by atoms with Gasteiger partial charge in [0.2, 0.25) is 0 Å². The zero-order valence-corrected chi connectivity index (χ0v) is 12.6. The van der Waals surface area contributed by atoms with Gasteiger partial charge in [-0.25, -0.2) is 4.90 Å². The maximum atomic E-state index is 9.58. The van der Waals surface area contributed by atoms with E-state index in [0.717, 1.165) is 13.0 Å². The van der Waals surface area contributed by atoms with E-state index in [0.29, 0.717) is 0 Å². The van der Waals surface area contributed by atoms with Crippen molar-refractivity contribution in [3.63, 3.8) is 0 Å². The summed E-state index contributed by atoms with van der Waals surface area (Å²) in [5.74, 6) is 0. The Bertz CT molecular complexity index is 274. The van der Waals surface area contributed by atoms with Crippen LogP contribution in [0.2, 0.25) is 0 Å². The zero-order chi connectivity index (χ0) is 13.9. The molecular weight excluding hydrogens is 236 g/mol. The normalized spacial score (nSPS) is 21.5. The quantitative estimate of drug-likeness (QED) is 0.483. The number of aliphatic imine (C=N–C) groups is 1. The molecule has 0 spiro atoms. The summed E-state index contributed by atoms with van der Waals surface area (Å²) in [6, 6.07) is 0. The van der Waals surface area contributed by atoms with Crippen molar-refractivity contribution in [3.05, 3.63) is 12.2 Å². The van der Waals surface area contributed by atoms with Gasteiger partial charge in [-0.15, -0.1) is 0 Å². The summed E-state index contributed by atoms with van der Waals surface area (Å²) in [4.78, 5) is 6.33. The number of nitrogens with zero attached hydrogens (tertiary/aromatic N) is 2. The van der Waals surface area contributed by atoms with Crippen LogP contribution in [-0.4, -0.2) is 35.2 Å². The summed E-state index contributed by atoms with van der Waals surface area (Å²) in [7, 11) is 0. The van der Waals surface area contributed by atoms with Crippen molar-refractivity contribution >= 4 is 6.21 Å². The lowest BCUT2D eigenvalue weighted by Gasteiger charge is -2.23. The molecule has 1 aliphatic rings. The monoisotopic (exact) mass is 266 g/mol. The molecule has 110 valence electrons. The number of unbranched alkanes of at least 4 members (excludes halogenated alkanes) is 7. The molecule has 0 saturated heterocycles. The Morgan fingerprint density at radius 2 is 1.95 bits per heavy atom. The van der Waals surface area contributed by atoms with E-state index in [1.165, 1.54) is 44.9 Å². The van der Waals surface area contributed by atoms with Gasteiger partial charge in [-0.05, 0) is 25.8 Å². The van der Waals surface area contributed by atoms with Gasteiger partial charge in [-0.3, -0.25) is 4.99 Å². The minimum Gasteiger partial charge on any atom is -0.379 e. The highest BCUT2D eigenvalue weighted by atomic mass is 16.3. The van der Waals surface area contributed by atoms with Crippen molar-refractivity contribution in [2.45, 2.75) is 77.6 Å². The minimum atomic E-state index is -0.421. The van der Waals surface area contributed by atoms with Crippen LogP contribution in [-0.2, 0) is 0 Å². The SMILES string of the molecule is CCCCCCCCC/C=C/C1N=CCN1C(C)O. The van der Waals surface area contributed by atoms with Gasteiger partial charge in [0.1, 0.15) is 12.4 Å². The molecule has 0 fully saturated rings. The molecular formula is C16H30N2O. The molecule has 0 saturated carbocycles. The molecule has 0 aromatic rings. The first kappa shape index (κ1) is 16.4. The molecule has 2 unspecified atom stereocenters. The van der Waals surface area contributed by atoms with Crippen LogP contribution in [0, 0.1) is 0 Å². The first-order valence-corrected chi connectivity index (χ1v) is 7.87. The van der Waals surface area contributed by atoms with Crippen LogP contribution in [0.1, 0.15) is 65.2 Å². The van der Waals surface area contributed by atoms with E-state index in [1.54, 1.807) is 6.92 Å². The highest BCUT2D eigenvalue weighted by Crippen LogP contribution is 2.13. The third-order valence-corrected chi connectivity index (χ3v) is 3.65. The largest absolute Gasteiger partial charge is 0.379 e. The van der Waals surface area contributed by atoms with E-state index in [-0.39, 0.29) is 6.17 Å². The van der Waals surface area contributed by atoms with Crippen LogP contribution < -0.4 is 0 Å². The number of rotatable bonds is 10. The van der Waals surface area contributed by atoms with Gasteiger partial charge in [0.15, 0.2) is 0 Å². The number of aliphatic hydroxyl groups excluding tert-OH is 1. The smallest absolute Gasteiger partial charge is 0.122 e. The van der Waals surface area contributed by atoms with Crippen LogP contribution in [0.25, 0.3) is 0 Å². The third-order valence-electron chi connectivity index (χ3n) is 3.65. The topological polar surface area (TPSA) is 35.8 Å². The molecule has 1 N–H and O–H groups in total. The van der Waals surface area contributed by atoms with Gasteiger partial charge in [-0.2, -0.15) is 0 Å². The Kier molecular flexibility index (Phi) is 8.76. The van der Waals surface area contributed by atoms with Gasteiger partial charge < -0.3 is 5.11 Å². The highest BCUT2D eigenvalue weighted by Gasteiger charge is 2.21. The maximum Gasteiger partial charge on any atom is 0.122 e. The highest BCUT2D eigenvalue weighted by molar-refractivity contribution is 5.62. The average Bonchev–Trinajstić information content (AvgIpc) is 2.85. The van der Waals surface area contributed by atoms with E-state index in [4.69, 9.17) is 0 Å². The summed E-state index contributed by atoms with van der Waals surface area (Å²) in [6.07, 6.45) is 16.4. The van der Waals surface area contributed by atoms with Crippen LogP contribution in [0.3, 0.4) is 0 Å². The Labute approximate surface area is 118 Å². The van der Waals surface area contributed by atoms with Crippen molar-refractivity contribution < 1.29 is 5.11 Å². The van der Waals surface area contributed by atoms with Crippen molar-refractivity contribution in [3.8, 4) is 0 Å². The Morgan fingerprint density at radius 3 is 2.63 bits per heavy atom. The second-order valence-corrected chi connectivity index (χ2v) is 5.41. The molecule has 3 nitrogen and oxygen atoms in total. The molecule has 1 aliphatic heterocycles. The molecule has 0 aromatic carbocycles. The second-order valence-electron chi connectivity index (χ2n) is 5.41. The van der Waals surface area contributed by atoms with Crippen LogP contribution in [0.5, 0.6) is 0 Å². The van der Waals surface area contributed by atoms with Gasteiger partial charge in [0.25, 0.3) is 0 Å². The molecule has 3 heteroatoms. The standard InChI is InChI=1S/C16H30N2O/c1-3-4-5-6-7-8-9-10-11-12-16-17-13-14-18(16)15(2)19/h11-13,15-16,19H,3-10,14H2,1-2H3/b12-11+. The molecule has 2 atom stereocenters. The second kappa shape index (κ2) is 10.2. The van der Waals surface area contributed by atoms with Gasteiger partial charge in [-0.1, -0.05) is 51.5 Å². The molecule has 0 bridgehead atoms. The van der Waals surface area contributed by atoms with Crippen molar-refractivity contribution in [2.75, 3.05) is 6.54 Å². The fourth-order valence-corrected chi connectivity index (χ4v) is 2.41. The number of allylic oxidation sites excluding steroid dienone is 1. The molecule has 19 heavy (non-hydrogen) atoms. The molecule has 0 aromatic heterocycles. The Balaban J connectivity index is 2.02. The molecule has 1 heterocycles. The summed E-state index contributed by atoms with van der Waals surface area (Å²) in [6.45, 7) is 4.81. The fraction of sp³-hybridized carbons (Fsp3) is 0.812. The predicted molar refractivity (Wildman–Crippen MR) is 82.4 cm³/mol. The van der Waals surface area contributed by atoms with Gasteiger partial charge in [0.05, 0.1) is 0 Å². The summed E-state index contributed by atoms with van der Waals surface area (Å²) in [5, 5.41) is 9.58. The maximum absolute atomic E-state index is 9.58. The first-order chi connectivity index (χ1) is 9.25. The first-order valence-electron chi connectivity index (χ1n) is 7.87. The van der Waals surface area contributed by atoms with E-state index < -0.39 is 6.23 Å². The van der Waals surface area contributed by atoms with E-state index in [9.17, 15) is 5.11 Å². The molecule has 0 aliphatic carbocycles. The summed E-state index contributed by atoms with van der Waals surface area (Å²) in [5.41, 5.74) is 0. The average molecular weight is 266 g/mol. The fourth-order valence-electron chi connectivity index (χ4n) is 2.41.